The fraction of sp³-hybridized carbons (Fsp3) is 0.550. The van der Waals surface area contributed by atoms with Crippen LogP contribution in [0.2, 0.25) is 0 Å². The van der Waals surface area contributed by atoms with Crippen LogP contribution in [0.1, 0.15) is 47.4 Å². The molecule has 6 heteroatoms. The number of hydrogen-bond acceptors (Lipinski definition) is 5. The first kappa shape index (κ1) is 18.4. The molecule has 1 aromatic rings. The Hall–Kier alpha value is -2.37. The average molecular weight is 360 g/mol. The molecule has 0 aromatic heterocycles. The number of ether oxygens (including phenoxy) is 2. The lowest BCUT2D eigenvalue weighted by Crippen LogP contribution is -2.31. The maximum atomic E-state index is 12.3. The summed E-state index contributed by atoms with van der Waals surface area (Å²) < 4.78 is 10.3. The van der Waals surface area contributed by atoms with Crippen LogP contribution < -0.4 is 0 Å². The minimum absolute atomic E-state index is 0.0118. The number of carbonyl (C=O) groups is 3. The van der Waals surface area contributed by atoms with Crippen molar-refractivity contribution in [1.29, 1.82) is 0 Å². The Morgan fingerprint density at radius 2 is 1.65 bits per heavy atom. The van der Waals surface area contributed by atoms with Crippen molar-refractivity contribution >= 4 is 17.9 Å². The van der Waals surface area contributed by atoms with Crippen LogP contribution in [-0.2, 0) is 14.3 Å². The minimum Gasteiger partial charge on any atom is -0.478 e. The van der Waals surface area contributed by atoms with Crippen LogP contribution in [0.5, 0.6) is 0 Å². The first-order valence-corrected chi connectivity index (χ1v) is 9.06. The Bertz CT molecular complexity index is 710. The zero-order chi connectivity index (χ0) is 18.8. The number of carboxylic acids is 1. The minimum atomic E-state index is -1.19. The molecule has 6 nitrogen and oxygen atoms in total. The van der Waals surface area contributed by atoms with E-state index in [0.717, 1.165) is 12.8 Å². The van der Waals surface area contributed by atoms with E-state index < -0.39 is 11.9 Å². The zero-order valence-corrected chi connectivity index (χ0v) is 15.0. The number of aromatic carboxylic acids is 1. The summed E-state index contributed by atoms with van der Waals surface area (Å²) in [6.45, 7) is 4.35. The number of hydrogen-bond donors (Lipinski definition) is 1. The van der Waals surface area contributed by atoms with Gasteiger partial charge in [0.15, 0.2) is 0 Å². The molecular weight excluding hydrogens is 336 g/mol. The van der Waals surface area contributed by atoms with Crippen molar-refractivity contribution in [2.24, 2.45) is 29.6 Å². The van der Waals surface area contributed by atoms with Crippen LogP contribution in [0.25, 0.3) is 0 Å². The van der Waals surface area contributed by atoms with Crippen LogP contribution in [0.4, 0.5) is 0 Å². The highest BCUT2D eigenvalue weighted by atomic mass is 16.6. The lowest BCUT2D eigenvalue weighted by molar-refractivity contribution is -0.152. The van der Waals surface area contributed by atoms with Crippen LogP contribution in [0, 0.1) is 29.6 Å². The molecule has 0 amide bonds. The Morgan fingerprint density at radius 3 is 2.27 bits per heavy atom. The summed E-state index contributed by atoms with van der Waals surface area (Å²) in [7, 11) is 0. The highest BCUT2D eigenvalue weighted by molar-refractivity contribution is 6.02. The SMILES string of the molecule is CC1C2CC(C(=O)OCCOC(=O)c3ccccc3C(=O)O)C(C2)C1C. The van der Waals surface area contributed by atoms with Crippen molar-refractivity contribution in [3.63, 3.8) is 0 Å². The third-order valence-electron chi connectivity index (χ3n) is 6.14. The van der Waals surface area contributed by atoms with Gasteiger partial charge in [-0.3, -0.25) is 4.79 Å². The van der Waals surface area contributed by atoms with Crippen LogP contribution in [-0.4, -0.2) is 36.2 Å². The molecule has 2 fully saturated rings. The van der Waals surface area contributed by atoms with E-state index in [9.17, 15) is 14.4 Å². The molecule has 0 radical (unpaired) electrons. The molecule has 0 aliphatic heterocycles. The predicted molar refractivity (Wildman–Crippen MR) is 92.7 cm³/mol. The second-order valence-corrected chi connectivity index (χ2v) is 7.37. The maximum Gasteiger partial charge on any atom is 0.339 e. The molecule has 5 atom stereocenters. The molecule has 2 bridgehead atoms. The molecule has 140 valence electrons. The van der Waals surface area contributed by atoms with Gasteiger partial charge in [0, 0.05) is 0 Å². The zero-order valence-electron chi connectivity index (χ0n) is 15.0. The third kappa shape index (κ3) is 3.45. The van der Waals surface area contributed by atoms with Crippen molar-refractivity contribution in [3.8, 4) is 0 Å². The van der Waals surface area contributed by atoms with Crippen LogP contribution in [0.3, 0.4) is 0 Å². The quantitative estimate of drug-likeness (QED) is 0.619. The van der Waals surface area contributed by atoms with Gasteiger partial charge in [-0.25, -0.2) is 9.59 Å². The number of carboxylic acid groups (broad SMARTS) is 1. The summed E-state index contributed by atoms with van der Waals surface area (Å²) in [4.78, 5) is 35.5. The van der Waals surface area contributed by atoms with Gasteiger partial charge in [-0.15, -0.1) is 0 Å². The fourth-order valence-corrected chi connectivity index (χ4v) is 4.52. The van der Waals surface area contributed by atoms with Gasteiger partial charge in [0.25, 0.3) is 0 Å². The molecule has 0 spiro atoms. The van der Waals surface area contributed by atoms with E-state index in [1.54, 1.807) is 12.1 Å². The van der Waals surface area contributed by atoms with Gasteiger partial charge in [-0.1, -0.05) is 26.0 Å². The van der Waals surface area contributed by atoms with Crippen LogP contribution >= 0.6 is 0 Å². The molecular formula is C20H24O6. The average Bonchev–Trinajstić information content (AvgIpc) is 3.18. The number of fused-ring (bicyclic) bond motifs is 2. The number of esters is 2. The lowest BCUT2D eigenvalue weighted by Gasteiger charge is -2.30. The molecule has 0 saturated heterocycles. The smallest absolute Gasteiger partial charge is 0.339 e. The van der Waals surface area contributed by atoms with Gasteiger partial charge in [0.2, 0.25) is 0 Å². The topological polar surface area (TPSA) is 89.9 Å². The second kappa shape index (κ2) is 7.48. The maximum absolute atomic E-state index is 12.3. The van der Waals surface area contributed by atoms with Gasteiger partial charge in [0.05, 0.1) is 17.0 Å². The van der Waals surface area contributed by atoms with E-state index in [1.807, 2.05) is 0 Å². The van der Waals surface area contributed by atoms with E-state index in [2.05, 4.69) is 13.8 Å². The Kier molecular flexibility index (Phi) is 5.30. The summed E-state index contributed by atoms with van der Waals surface area (Å²) in [5.74, 6) is 0.0271. The Labute approximate surface area is 152 Å². The standard InChI is InChI=1S/C20H24O6/c1-11-12(2)16-9-13(11)10-17(16)20(24)26-8-7-25-19(23)15-6-4-3-5-14(15)18(21)22/h3-6,11-13,16-17H,7-10H2,1-2H3,(H,21,22). The summed E-state index contributed by atoms with van der Waals surface area (Å²) in [6.07, 6.45) is 1.99. The normalized spacial score (nSPS) is 29.4. The number of rotatable bonds is 6. The molecule has 26 heavy (non-hydrogen) atoms. The van der Waals surface area contributed by atoms with Crippen molar-refractivity contribution in [3.05, 3.63) is 35.4 Å². The molecule has 2 aliphatic rings. The summed E-state index contributed by atoms with van der Waals surface area (Å²) >= 11 is 0. The van der Waals surface area contributed by atoms with Crippen LogP contribution in [0.15, 0.2) is 24.3 Å². The van der Waals surface area contributed by atoms with Gasteiger partial charge < -0.3 is 14.6 Å². The molecule has 5 unspecified atom stereocenters. The first-order chi connectivity index (χ1) is 12.4. The molecule has 3 rings (SSSR count). The summed E-state index contributed by atoms with van der Waals surface area (Å²) in [5.41, 5.74) is -0.123. The first-order valence-electron chi connectivity index (χ1n) is 9.06. The van der Waals surface area contributed by atoms with Crippen molar-refractivity contribution < 1.29 is 29.0 Å². The largest absolute Gasteiger partial charge is 0.478 e. The van der Waals surface area contributed by atoms with Crippen molar-refractivity contribution in [2.75, 3.05) is 13.2 Å². The fourth-order valence-electron chi connectivity index (χ4n) is 4.52. The highest BCUT2D eigenvalue weighted by Crippen LogP contribution is 2.55. The van der Waals surface area contributed by atoms with Gasteiger partial charge in [-0.05, 0) is 48.6 Å². The van der Waals surface area contributed by atoms with Gasteiger partial charge >= 0.3 is 17.9 Å². The number of benzene rings is 1. The van der Waals surface area contributed by atoms with Crippen molar-refractivity contribution in [2.45, 2.75) is 26.7 Å². The van der Waals surface area contributed by atoms with E-state index in [4.69, 9.17) is 14.6 Å². The predicted octanol–water partition coefficient (Wildman–Crippen LogP) is 3.01. The van der Waals surface area contributed by atoms with Gasteiger partial charge in [-0.2, -0.15) is 0 Å². The van der Waals surface area contributed by atoms with Gasteiger partial charge in [0.1, 0.15) is 13.2 Å². The lowest BCUT2D eigenvalue weighted by atomic mass is 9.76. The Morgan fingerprint density at radius 1 is 1.00 bits per heavy atom. The third-order valence-corrected chi connectivity index (χ3v) is 6.14. The van der Waals surface area contributed by atoms with E-state index in [-0.39, 0.29) is 36.2 Å². The Balaban J connectivity index is 1.46. The second-order valence-electron chi connectivity index (χ2n) is 7.37. The van der Waals surface area contributed by atoms with E-state index in [0.29, 0.717) is 23.7 Å². The van der Waals surface area contributed by atoms with E-state index >= 15 is 0 Å². The summed E-state index contributed by atoms with van der Waals surface area (Å²) in [5, 5.41) is 9.09. The van der Waals surface area contributed by atoms with Crippen molar-refractivity contribution in [1.82, 2.24) is 0 Å². The highest BCUT2D eigenvalue weighted by Gasteiger charge is 2.51. The molecule has 2 saturated carbocycles. The van der Waals surface area contributed by atoms with E-state index in [1.165, 1.54) is 12.1 Å². The monoisotopic (exact) mass is 360 g/mol. The molecule has 1 N–H and O–H groups in total. The number of carbonyl (C=O) groups excluding carboxylic acids is 2. The molecule has 0 heterocycles. The molecule has 2 aliphatic carbocycles. The molecule has 1 aromatic carbocycles. The summed E-state index contributed by atoms with van der Waals surface area (Å²) in [6, 6.07) is 5.85.